The summed E-state index contributed by atoms with van der Waals surface area (Å²) in [5.74, 6) is 0.756. The Bertz CT molecular complexity index is 206. The molecule has 2 heteroatoms. The lowest BCUT2D eigenvalue weighted by Gasteiger charge is -2.39. The molecule has 0 aromatic rings. The van der Waals surface area contributed by atoms with Gasteiger partial charge in [-0.05, 0) is 58.2 Å². The minimum absolute atomic E-state index is 0.360. The SMILES string of the molecule is CC(C)CNCCCC(C)N(C)C(C)C(C)(C)C. The molecule has 110 valence electrons. The van der Waals surface area contributed by atoms with Gasteiger partial charge in [-0.2, -0.15) is 0 Å². The third kappa shape index (κ3) is 7.38. The lowest BCUT2D eigenvalue weighted by Crippen LogP contribution is -2.44. The van der Waals surface area contributed by atoms with Gasteiger partial charge in [-0.15, -0.1) is 0 Å². The summed E-state index contributed by atoms with van der Waals surface area (Å²) in [6, 6.07) is 1.29. The first-order valence-electron chi connectivity index (χ1n) is 7.59. The van der Waals surface area contributed by atoms with E-state index in [1.54, 1.807) is 0 Å². The van der Waals surface area contributed by atoms with Gasteiger partial charge in [-0.1, -0.05) is 34.6 Å². The van der Waals surface area contributed by atoms with Crippen LogP contribution in [0.2, 0.25) is 0 Å². The van der Waals surface area contributed by atoms with Gasteiger partial charge in [-0.3, -0.25) is 0 Å². The summed E-state index contributed by atoms with van der Waals surface area (Å²) in [7, 11) is 2.27. The Morgan fingerprint density at radius 3 is 2.06 bits per heavy atom. The Morgan fingerprint density at radius 1 is 1.06 bits per heavy atom. The summed E-state index contributed by atoms with van der Waals surface area (Å²) in [6.07, 6.45) is 2.55. The van der Waals surface area contributed by atoms with Crippen molar-refractivity contribution in [1.29, 1.82) is 0 Å². The van der Waals surface area contributed by atoms with Gasteiger partial charge >= 0.3 is 0 Å². The third-order valence-electron chi connectivity index (χ3n) is 4.09. The number of hydrogen-bond donors (Lipinski definition) is 1. The molecule has 0 aliphatic carbocycles. The molecule has 1 N–H and O–H groups in total. The maximum atomic E-state index is 3.52. The van der Waals surface area contributed by atoms with E-state index in [0.717, 1.165) is 19.0 Å². The second-order valence-electron chi connectivity index (χ2n) is 7.30. The number of nitrogens with one attached hydrogen (secondary N) is 1. The maximum absolute atomic E-state index is 3.52. The Morgan fingerprint density at radius 2 is 1.61 bits per heavy atom. The monoisotopic (exact) mass is 256 g/mol. The van der Waals surface area contributed by atoms with Crippen molar-refractivity contribution in [3.63, 3.8) is 0 Å². The van der Waals surface area contributed by atoms with Crippen LogP contribution in [0, 0.1) is 11.3 Å². The second-order valence-corrected chi connectivity index (χ2v) is 7.30. The van der Waals surface area contributed by atoms with Gasteiger partial charge < -0.3 is 10.2 Å². The van der Waals surface area contributed by atoms with Crippen LogP contribution in [-0.2, 0) is 0 Å². The van der Waals surface area contributed by atoms with Crippen molar-refractivity contribution in [2.45, 2.75) is 73.4 Å². The van der Waals surface area contributed by atoms with E-state index in [4.69, 9.17) is 0 Å². The molecule has 0 rings (SSSR count). The highest BCUT2D eigenvalue weighted by Crippen LogP contribution is 2.25. The van der Waals surface area contributed by atoms with Crippen molar-refractivity contribution in [1.82, 2.24) is 10.2 Å². The molecule has 0 aliphatic rings. The number of rotatable bonds is 8. The fraction of sp³-hybridized carbons (Fsp3) is 1.00. The first-order valence-corrected chi connectivity index (χ1v) is 7.59. The van der Waals surface area contributed by atoms with Crippen molar-refractivity contribution in [2.24, 2.45) is 11.3 Å². The highest BCUT2D eigenvalue weighted by Gasteiger charge is 2.26. The maximum Gasteiger partial charge on any atom is 0.0115 e. The first kappa shape index (κ1) is 17.9. The molecular weight excluding hydrogens is 220 g/mol. The molecule has 0 radical (unpaired) electrons. The first-order chi connectivity index (χ1) is 8.16. The highest BCUT2D eigenvalue weighted by molar-refractivity contribution is 4.80. The van der Waals surface area contributed by atoms with E-state index in [2.05, 4.69) is 65.7 Å². The fourth-order valence-electron chi connectivity index (χ4n) is 2.11. The Balaban J connectivity index is 3.85. The summed E-state index contributed by atoms with van der Waals surface area (Å²) in [6.45, 7) is 18.5. The quantitative estimate of drug-likeness (QED) is 0.665. The van der Waals surface area contributed by atoms with E-state index in [0.29, 0.717) is 17.5 Å². The van der Waals surface area contributed by atoms with Gasteiger partial charge in [0, 0.05) is 12.1 Å². The van der Waals surface area contributed by atoms with Crippen molar-refractivity contribution in [3.05, 3.63) is 0 Å². The van der Waals surface area contributed by atoms with Crippen LogP contribution in [0.15, 0.2) is 0 Å². The average molecular weight is 256 g/mol. The standard InChI is InChI=1S/C16H36N2/c1-13(2)12-17-11-9-10-14(3)18(8)15(4)16(5,6)7/h13-15,17H,9-12H2,1-8H3. The normalized spacial score (nSPS) is 16.3. The van der Waals surface area contributed by atoms with Gasteiger partial charge in [0.1, 0.15) is 0 Å². The summed E-state index contributed by atoms with van der Waals surface area (Å²) >= 11 is 0. The molecular formula is C16H36N2. The molecule has 0 aromatic carbocycles. The average Bonchev–Trinajstić information content (AvgIpc) is 2.24. The molecule has 18 heavy (non-hydrogen) atoms. The molecule has 0 spiro atoms. The highest BCUT2D eigenvalue weighted by atomic mass is 15.2. The van der Waals surface area contributed by atoms with Crippen LogP contribution in [-0.4, -0.2) is 37.1 Å². The van der Waals surface area contributed by atoms with Crippen LogP contribution in [0.4, 0.5) is 0 Å². The van der Waals surface area contributed by atoms with Crippen LogP contribution in [0.5, 0.6) is 0 Å². The Labute approximate surface area is 116 Å². The minimum atomic E-state index is 0.360. The molecule has 2 unspecified atom stereocenters. The minimum Gasteiger partial charge on any atom is -0.316 e. The van der Waals surface area contributed by atoms with Crippen molar-refractivity contribution >= 4 is 0 Å². The van der Waals surface area contributed by atoms with Crippen molar-refractivity contribution in [3.8, 4) is 0 Å². The lowest BCUT2D eigenvalue weighted by molar-refractivity contribution is 0.0994. The zero-order valence-electron chi connectivity index (χ0n) is 14.0. The van der Waals surface area contributed by atoms with Crippen LogP contribution >= 0.6 is 0 Å². The smallest absolute Gasteiger partial charge is 0.0115 e. The van der Waals surface area contributed by atoms with Crippen LogP contribution in [0.25, 0.3) is 0 Å². The van der Waals surface area contributed by atoms with Crippen LogP contribution in [0.3, 0.4) is 0 Å². The third-order valence-corrected chi connectivity index (χ3v) is 4.09. The summed E-state index contributed by atoms with van der Waals surface area (Å²) in [5, 5.41) is 3.52. The molecule has 2 nitrogen and oxygen atoms in total. The van der Waals surface area contributed by atoms with Crippen molar-refractivity contribution in [2.75, 3.05) is 20.1 Å². The van der Waals surface area contributed by atoms with Gasteiger partial charge in [0.15, 0.2) is 0 Å². The molecule has 0 heterocycles. The van der Waals surface area contributed by atoms with Gasteiger partial charge in [-0.25, -0.2) is 0 Å². The van der Waals surface area contributed by atoms with Crippen molar-refractivity contribution < 1.29 is 0 Å². The van der Waals surface area contributed by atoms with E-state index < -0.39 is 0 Å². The molecule has 0 fully saturated rings. The Kier molecular flexibility index (Phi) is 8.13. The summed E-state index contributed by atoms with van der Waals surface area (Å²) in [5.41, 5.74) is 0.360. The summed E-state index contributed by atoms with van der Waals surface area (Å²) in [4.78, 5) is 2.53. The number of hydrogen-bond acceptors (Lipinski definition) is 2. The second kappa shape index (κ2) is 8.16. The van der Waals surface area contributed by atoms with E-state index >= 15 is 0 Å². The van der Waals surface area contributed by atoms with Gasteiger partial charge in [0.05, 0.1) is 0 Å². The summed E-state index contributed by atoms with van der Waals surface area (Å²) < 4.78 is 0. The predicted octanol–water partition coefficient (Wildman–Crippen LogP) is 3.77. The van der Waals surface area contributed by atoms with Crippen LogP contribution < -0.4 is 5.32 Å². The molecule has 0 aliphatic heterocycles. The lowest BCUT2D eigenvalue weighted by atomic mass is 9.86. The molecule has 0 aromatic heterocycles. The van der Waals surface area contributed by atoms with E-state index in [1.807, 2.05) is 0 Å². The zero-order chi connectivity index (χ0) is 14.3. The molecule has 0 amide bonds. The zero-order valence-corrected chi connectivity index (χ0v) is 14.0. The Hall–Kier alpha value is -0.0800. The van der Waals surface area contributed by atoms with E-state index in [-0.39, 0.29) is 0 Å². The van der Waals surface area contributed by atoms with E-state index in [1.165, 1.54) is 12.8 Å². The predicted molar refractivity (Wildman–Crippen MR) is 83.1 cm³/mol. The molecule has 0 saturated carbocycles. The van der Waals surface area contributed by atoms with Gasteiger partial charge in [0.25, 0.3) is 0 Å². The van der Waals surface area contributed by atoms with Crippen LogP contribution in [0.1, 0.15) is 61.3 Å². The topological polar surface area (TPSA) is 15.3 Å². The molecule has 0 saturated heterocycles. The molecule has 0 bridgehead atoms. The fourth-order valence-corrected chi connectivity index (χ4v) is 2.11. The molecule has 2 atom stereocenters. The number of nitrogens with zero attached hydrogens (tertiary/aromatic N) is 1. The van der Waals surface area contributed by atoms with E-state index in [9.17, 15) is 0 Å². The largest absolute Gasteiger partial charge is 0.316 e. The van der Waals surface area contributed by atoms with Gasteiger partial charge in [0.2, 0.25) is 0 Å².